The Hall–Kier alpha value is -3.14. The molecule has 2 aromatic heterocycles. The van der Waals surface area contributed by atoms with Gasteiger partial charge in [-0.3, -0.25) is 10.4 Å². The smallest absolute Gasteiger partial charge is 0.203 e. The number of pyridine rings is 1. The van der Waals surface area contributed by atoms with Crippen molar-refractivity contribution >= 4 is 11.0 Å². The molecule has 0 atom stereocenters. The zero-order chi connectivity index (χ0) is 18.8. The summed E-state index contributed by atoms with van der Waals surface area (Å²) in [5.41, 5.74) is 7.42. The first-order chi connectivity index (χ1) is 13.1. The summed E-state index contributed by atoms with van der Waals surface area (Å²) < 4.78 is 4.17. The van der Waals surface area contributed by atoms with Crippen molar-refractivity contribution in [3.63, 3.8) is 0 Å². The van der Waals surface area contributed by atoms with Gasteiger partial charge in [0.05, 0.1) is 17.6 Å². The summed E-state index contributed by atoms with van der Waals surface area (Å²) >= 11 is 0. The number of benzene rings is 2. The van der Waals surface area contributed by atoms with E-state index < -0.39 is 0 Å². The number of aryl methyl sites for hydroxylation is 4. The van der Waals surface area contributed by atoms with Crippen LogP contribution in [0, 0.1) is 19.3 Å². The van der Waals surface area contributed by atoms with Gasteiger partial charge in [-0.05, 0) is 49.6 Å². The van der Waals surface area contributed by atoms with Crippen LogP contribution in [0.3, 0.4) is 0 Å². The molecular weight excluding hydrogens is 332 g/mol. The molecule has 0 aliphatic rings. The quantitative estimate of drug-likeness (QED) is 0.572. The van der Waals surface area contributed by atoms with Crippen molar-refractivity contribution in [2.75, 3.05) is 0 Å². The Labute approximate surface area is 159 Å². The van der Waals surface area contributed by atoms with E-state index in [9.17, 15) is 0 Å². The lowest BCUT2D eigenvalue weighted by Gasteiger charge is -2.06. The van der Waals surface area contributed by atoms with E-state index in [0.717, 1.165) is 35.3 Å². The molecule has 27 heavy (non-hydrogen) atoms. The minimum atomic E-state index is 0.531. The number of fused-ring (bicyclic) bond motifs is 1. The molecule has 4 aromatic rings. The fourth-order valence-corrected chi connectivity index (χ4v) is 3.45. The summed E-state index contributed by atoms with van der Waals surface area (Å²) in [7, 11) is 0. The number of rotatable bonds is 5. The Morgan fingerprint density at radius 1 is 0.815 bits per heavy atom. The third kappa shape index (κ3) is 3.56. The maximum absolute atomic E-state index is 8.77. The molecule has 0 bridgehead atoms. The van der Waals surface area contributed by atoms with Crippen molar-refractivity contribution in [3.05, 3.63) is 94.9 Å². The Bertz CT molecular complexity index is 1120. The highest BCUT2D eigenvalue weighted by Crippen LogP contribution is 2.15. The zero-order valence-corrected chi connectivity index (χ0v) is 15.8. The van der Waals surface area contributed by atoms with E-state index in [1.54, 1.807) is 0 Å². The van der Waals surface area contributed by atoms with Gasteiger partial charge in [0.25, 0.3) is 0 Å². The van der Waals surface area contributed by atoms with Crippen molar-refractivity contribution in [2.45, 2.75) is 33.4 Å². The highest BCUT2D eigenvalue weighted by Gasteiger charge is 2.11. The lowest BCUT2D eigenvalue weighted by molar-refractivity contribution is 0.620. The van der Waals surface area contributed by atoms with Gasteiger partial charge in [-0.2, -0.15) is 0 Å². The second kappa shape index (κ2) is 7.23. The fourth-order valence-electron chi connectivity index (χ4n) is 3.45. The summed E-state index contributed by atoms with van der Waals surface area (Å²) in [5, 5.41) is 8.77. The van der Waals surface area contributed by atoms with E-state index in [4.69, 9.17) is 5.41 Å². The molecule has 0 saturated heterocycles. The van der Waals surface area contributed by atoms with E-state index in [0.29, 0.717) is 12.2 Å². The first-order valence-corrected chi connectivity index (χ1v) is 9.31. The van der Waals surface area contributed by atoms with Crippen LogP contribution in [0.1, 0.15) is 22.4 Å². The summed E-state index contributed by atoms with van der Waals surface area (Å²) in [6, 6.07) is 21.0. The maximum Gasteiger partial charge on any atom is 0.203 e. The number of hydrogen-bond donors (Lipinski definition) is 1. The molecule has 0 saturated carbocycles. The molecule has 4 rings (SSSR count). The van der Waals surface area contributed by atoms with E-state index in [-0.39, 0.29) is 0 Å². The lowest BCUT2D eigenvalue weighted by atomic mass is 10.1. The maximum atomic E-state index is 8.77. The largest absolute Gasteiger partial charge is 0.310 e. The SMILES string of the molecule is Cc1ccc(CCn2c(=N)n(Cc3ccc(C)nc3)c3ccccc32)cc1. The Morgan fingerprint density at radius 3 is 2.15 bits per heavy atom. The summed E-state index contributed by atoms with van der Waals surface area (Å²) in [6.45, 7) is 5.55. The van der Waals surface area contributed by atoms with Crippen LogP contribution in [0.5, 0.6) is 0 Å². The Morgan fingerprint density at radius 2 is 1.48 bits per heavy atom. The molecule has 0 unspecified atom stereocenters. The highest BCUT2D eigenvalue weighted by atomic mass is 15.2. The van der Waals surface area contributed by atoms with Crippen molar-refractivity contribution in [2.24, 2.45) is 0 Å². The van der Waals surface area contributed by atoms with Crippen LogP contribution < -0.4 is 5.62 Å². The molecule has 0 radical (unpaired) electrons. The van der Waals surface area contributed by atoms with Crippen LogP contribution in [0.4, 0.5) is 0 Å². The second-order valence-electron chi connectivity index (χ2n) is 7.09. The van der Waals surface area contributed by atoms with Crippen LogP contribution in [-0.2, 0) is 19.5 Å². The number of nitrogens with zero attached hydrogens (tertiary/aromatic N) is 3. The third-order valence-electron chi connectivity index (χ3n) is 5.03. The van der Waals surface area contributed by atoms with Gasteiger partial charge in [-0.1, -0.05) is 48.0 Å². The number of nitrogens with one attached hydrogen (secondary N) is 1. The second-order valence-corrected chi connectivity index (χ2v) is 7.09. The van der Waals surface area contributed by atoms with Gasteiger partial charge in [0.1, 0.15) is 0 Å². The van der Waals surface area contributed by atoms with Crippen LogP contribution >= 0.6 is 0 Å². The molecule has 2 aromatic carbocycles. The van der Waals surface area contributed by atoms with Crippen LogP contribution in [0.25, 0.3) is 11.0 Å². The predicted molar refractivity (Wildman–Crippen MR) is 109 cm³/mol. The van der Waals surface area contributed by atoms with Crippen LogP contribution in [0.15, 0.2) is 66.9 Å². The van der Waals surface area contributed by atoms with Gasteiger partial charge in [-0.15, -0.1) is 0 Å². The van der Waals surface area contributed by atoms with Gasteiger partial charge < -0.3 is 9.13 Å². The Kier molecular flexibility index (Phi) is 4.63. The highest BCUT2D eigenvalue weighted by molar-refractivity contribution is 5.76. The van der Waals surface area contributed by atoms with Crippen molar-refractivity contribution in [1.82, 2.24) is 14.1 Å². The molecular formula is C23H24N4. The third-order valence-corrected chi connectivity index (χ3v) is 5.03. The minimum Gasteiger partial charge on any atom is -0.310 e. The van der Waals surface area contributed by atoms with Crippen LogP contribution in [0.2, 0.25) is 0 Å². The summed E-state index contributed by atoms with van der Waals surface area (Å²) in [6.07, 6.45) is 2.82. The molecule has 4 heteroatoms. The van der Waals surface area contributed by atoms with Gasteiger partial charge >= 0.3 is 0 Å². The molecule has 0 spiro atoms. The fraction of sp³-hybridized carbons (Fsp3) is 0.217. The average molecular weight is 356 g/mol. The van der Waals surface area contributed by atoms with Gasteiger partial charge in [0.2, 0.25) is 5.62 Å². The number of para-hydroxylation sites is 2. The first-order valence-electron chi connectivity index (χ1n) is 9.31. The number of imidazole rings is 1. The van der Waals surface area contributed by atoms with Crippen molar-refractivity contribution < 1.29 is 0 Å². The van der Waals surface area contributed by atoms with Gasteiger partial charge in [0.15, 0.2) is 0 Å². The molecule has 0 aliphatic heterocycles. The lowest BCUT2D eigenvalue weighted by Crippen LogP contribution is -2.25. The van der Waals surface area contributed by atoms with Gasteiger partial charge in [-0.25, -0.2) is 0 Å². The molecule has 0 fully saturated rings. The predicted octanol–water partition coefficient (Wildman–Crippen LogP) is 4.23. The topological polar surface area (TPSA) is 46.6 Å². The van der Waals surface area contributed by atoms with E-state index >= 15 is 0 Å². The molecule has 2 heterocycles. The van der Waals surface area contributed by atoms with Crippen molar-refractivity contribution in [1.29, 1.82) is 5.41 Å². The molecule has 4 nitrogen and oxygen atoms in total. The number of hydrogen-bond acceptors (Lipinski definition) is 2. The zero-order valence-electron chi connectivity index (χ0n) is 15.8. The minimum absolute atomic E-state index is 0.531. The molecule has 1 N–H and O–H groups in total. The van der Waals surface area contributed by atoms with E-state index in [1.807, 2.05) is 31.3 Å². The normalized spacial score (nSPS) is 11.2. The molecule has 0 amide bonds. The monoisotopic (exact) mass is 356 g/mol. The van der Waals surface area contributed by atoms with E-state index in [2.05, 4.69) is 63.5 Å². The van der Waals surface area contributed by atoms with Crippen molar-refractivity contribution in [3.8, 4) is 0 Å². The summed E-state index contributed by atoms with van der Waals surface area (Å²) in [5.74, 6) is 0. The van der Waals surface area contributed by atoms with Gasteiger partial charge in [0, 0.05) is 18.4 Å². The Balaban J connectivity index is 1.68. The summed E-state index contributed by atoms with van der Waals surface area (Å²) in [4.78, 5) is 4.39. The standard InChI is InChI=1S/C23H24N4/c1-17-7-10-19(11-8-17)13-14-26-21-5-3-4-6-22(21)27(23(26)24)16-20-12-9-18(2)25-15-20/h3-12,15,24H,13-14,16H2,1-2H3. The molecule has 136 valence electrons. The van der Waals surface area contributed by atoms with Crippen LogP contribution in [-0.4, -0.2) is 14.1 Å². The average Bonchev–Trinajstić information content (AvgIpc) is 2.95. The first kappa shape index (κ1) is 17.3. The molecule has 0 aliphatic carbocycles. The van der Waals surface area contributed by atoms with E-state index in [1.165, 1.54) is 11.1 Å². The number of aromatic nitrogens is 3.